The number of nitrogens with one attached hydrogen (secondary N) is 1. The van der Waals surface area contributed by atoms with Crippen LogP contribution in [0.3, 0.4) is 0 Å². The monoisotopic (exact) mass is 824 g/mol. The number of aromatic amines is 1. The van der Waals surface area contributed by atoms with Gasteiger partial charge in [-0.05, 0) is 79.7 Å². The van der Waals surface area contributed by atoms with Crippen molar-refractivity contribution in [3.8, 4) is 0 Å². The molecule has 0 radical (unpaired) electrons. The molecule has 4 unspecified atom stereocenters. The second-order valence-corrected chi connectivity index (χ2v) is 19.6. The lowest BCUT2D eigenvalue weighted by Gasteiger charge is -2.63. The van der Waals surface area contributed by atoms with E-state index in [0.717, 1.165) is 74.3 Å². The number of aliphatic hydroxyl groups is 1. The molecule has 4 fully saturated rings. The Morgan fingerprint density at radius 2 is 1.78 bits per heavy atom. The van der Waals surface area contributed by atoms with Crippen molar-refractivity contribution < 1.29 is 38.4 Å². The molecule has 9 rings (SSSR count). The maximum atomic E-state index is 14.5. The molecule has 60 heavy (non-hydrogen) atoms. The Morgan fingerprint density at radius 1 is 1.00 bits per heavy atom. The van der Waals surface area contributed by atoms with Gasteiger partial charge in [-0.3, -0.25) is 14.5 Å². The summed E-state index contributed by atoms with van der Waals surface area (Å²) in [4.78, 5) is 52.9. The first-order valence-corrected chi connectivity index (χ1v) is 22.2. The number of nitrogens with zero attached hydrogens (tertiary/aromatic N) is 3. The Morgan fingerprint density at radius 3 is 2.48 bits per heavy atom. The first-order valence-electron chi connectivity index (χ1n) is 22.2. The molecule has 0 amide bonds. The highest BCUT2D eigenvalue weighted by Gasteiger charge is 2.81. The Labute approximate surface area is 354 Å². The van der Waals surface area contributed by atoms with E-state index in [-0.39, 0.29) is 35.7 Å². The van der Waals surface area contributed by atoms with Gasteiger partial charge in [0.25, 0.3) is 0 Å². The summed E-state index contributed by atoms with van der Waals surface area (Å²) < 4.78 is 24.0. The molecule has 2 aromatic rings. The zero-order chi connectivity index (χ0) is 42.6. The number of hydrogen-bond acceptors (Lipinski definition) is 11. The van der Waals surface area contributed by atoms with E-state index in [0.29, 0.717) is 19.4 Å². The number of likely N-dealkylation sites (N-methyl/N-ethyl adjacent to an activating group) is 1. The highest BCUT2D eigenvalue weighted by molar-refractivity contribution is 5.86. The maximum absolute atomic E-state index is 14.5. The van der Waals surface area contributed by atoms with Gasteiger partial charge in [-0.15, -0.1) is 0 Å². The SMILES string of the molecule is CC[C@]1(C)CC2CN(CCc3c([nH]c4ccccc34)[C@@](CC(=O)OC)(C3C=C4C(=CC3OC)N(C)[C@H]3[C@@](O)(C(=O)OC)[C@H](OC(C)=O)[C@]5(CC)C=CCN6CC[C@]43[C@@H]65)C2)C1. The van der Waals surface area contributed by atoms with Gasteiger partial charge in [-0.1, -0.05) is 57.2 Å². The van der Waals surface area contributed by atoms with Crippen LogP contribution in [0.1, 0.15) is 77.5 Å². The highest BCUT2D eigenvalue weighted by Crippen LogP contribution is 2.70. The first kappa shape index (κ1) is 41.4. The zero-order valence-corrected chi connectivity index (χ0v) is 36.7. The topological polar surface area (TPSA) is 134 Å². The number of methoxy groups -OCH3 is 3. The maximum Gasteiger partial charge on any atom is 0.344 e. The van der Waals surface area contributed by atoms with Crippen LogP contribution in [0.5, 0.6) is 0 Å². The molecule has 3 saturated heterocycles. The van der Waals surface area contributed by atoms with Gasteiger partial charge in [0, 0.05) is 97.8 Å². The van der Waals surface area contributed by atoms with E-state index < -0.39 is 52.0 Å². The number of piperidine rings is 1. The van der Waals surface area contributed by atoms with Gasteiger partial charge in [-0.25, -0.2) is 4.79 Å². The number of carbonyl (C=O) groups excluding carboxylic acids is 3. The second-order valence-electron chi connectivity index (χ2n) is 19.6. The van der Waals surface area contributed by atoms with E-state index in [2.05, 4.69) is 84.1 Å². The molecule has 1 spiro atoms. The Kier molecular flexibility index (Phi) is 10.0. The van der Waals surface area contributed by atoms with Crippen molar-refractivity contribution in [3.63, 3.8) is 0 Å². The van der Waals surface area contributed by atoms with Gasteiger partial charge in [0.1, 0.15) is 0 Å². The number of ether oxygens (including phenoxy) is 4. The number of rotatable bonds is 8. The lowest BCUT2D eigenvalue weighted by molar-refractivity contribution is -0.243. The average molecular weight is 825 g/mol. The quantitative estimate of drug-likeness (QED) is 0.204. The predicted molar refractivity (Wildman–Crippen MR) is 227 cm³/mol. The van der Waals surface area contributed by atoms with E-state index in [4.69, 9.17) is 18.9 Å². The minimum Gasteiger partial charge on any atom is -0.469 e. The summed E-state index contributed by atoms with van der Waals surface area (Å²) in [6.45, 7) is 12.5. The van der Waals surface area contributed by atoms with Crippen molar-refractivity contribution in [2.24, 2.45) is 28.1 Å². The van der Waals surface area contributed by atoms with Crippen LogP contribution in [0.2, 0.25) is 0 Å². The van der Waals surface area contributed by atoms with Crippen molar-refractivity contribution in [1.29, 1.82) is 0 Å². The molecule has 324 valence electrons. The van der Waals surface area contributed by atoms with Crippen LogP contribution in [0.4, 0.5) is 0 Å². The Bertz CT molecular complexity index is 2180. The summed E-state index contributed by atoms with van der Waals surface area (Å²) in [5.74, 6) is -1.73. The number of likely N-dealkylation sites (tertiary alicyclic amines) is 1. The largest absolute Gasteiger partial charge is 0.469 e. The molecule has 5 aliphatic heterocycles. The molecule has 12 heteroatoms. The number of aromatic nitrogens is 1. The molecule has 2 aliphatic carbocycles. The van der Waals surface area contributed by atoms with Gasteiger partial charge < -0.3 is 38.8 Å². The van der Waals surface area contributed by atoms with Gasteiger partial charge in [0.15, 0.2) is 6.10 Å². The number of benzene rings is 1. The van der Waals surface area contributed by atoms with Gasteiger partial charge >= 0.3 is 17.9 Å². The molecule has 6 heterocycles. The fourth-order valence-electron chi connectivity index (χ4n) is 14.5. The standard InChI is InChI=1S/C48H64N4O8/c1-9-44(4)24-30-25-46(26-38(54)58-7,39-32(16-20-51(27-30)28-44)31-14-11-12-15-35(31)49-39)34-22-33-36(23-37(34)57-6)50(5)41-47(33)18-21-52-19-13-17-45(10-2,40(47)52)42(60-29(3)53)48(41,56)43(55)59-8/h11-15,17,22-23,30,34,37,40-42,49,56H,9-10,16,18-21,24-28H2,1-8H3/t30?,34?,37?,40-,41+,42+,44+,45+,46-,47+,48-/m0/s1. The summed E-state index contributed by atoms with van der Waals surface area (Å²) in [7, 11) is 6.45. The summed E-state index contributed by atoms with van der Waals surface area (Å²) in [6, 6.07) is 7.43. The number of para-hydroxylation sites is 1. The van der Waals surface area contributed by atoms with E-state index in [1.807, 2.05) is 11.9 Å². The van der Waals surface area contributed by atoms with Gasteiger partial charge in [-0.2, -0.15) is 0 Å². The summed E-state index contributed by atoms with van der Waals surface area (Å²) in [6.07, 6.45) is 12.1. The van der Waals surface area contributed by atoms with E-state index >= 15 is 0 Å². The van der Waals surface area contributed by atoms with Crippen molar-refractivity contribution in [2.75, 3.05) is 61.1 Å². The van der Waals surface area contributed by atoms with Crippen molar-refractivity contribution >= 4 is 28.8 Å². The number of hydrogen-bond donors (Lipinski definition) is 2. The molecule has 12 nitrogen and oxygen atoms in total. The third-order valence-corrected chi connectivity index (χ3v) is 16.7. The molecular weight excluding hydrogens is 761 g/mol. The Hall–Kier alpha value is -3.97. The molecule has 1 aromatic heterocycles. The summed E-state index contributed by atoms with van der Waals surface area (Å²) in [5.41, 5.74) is 0.654. The third kappa shape index (κ3) is 5.58. The van der Waals surface area contributed by atoms with Gasteiger partial charge in [0.05, 0.1) is 32.8 Å². The summed E-state index contributed by atoms with van der Waals surface area (Å²) >= 11 is 0. The molecule has 7 aliphatic rings. The van der Waals surface area contributed by atoms with Crippen LogP contribution in [-0.4, -0.2) is 134 Å². The molecule has 1 saturated carbocycles. The fraction of sp³-hybridized carbons (Fsp3) is 0.646. The first-order chi connectivity index (χ1) is 28.7. The van der Waals surface area contributed by atoms with Crippen LogP contribution >= 0.6 is 0 Å². The van der Waals surface area contributed by atoms with Crippen molar-refractivity contribution in [2.45, 2.75) is 108 Å². The van der Waals surface area contributed by atoms with Crippen LogP contribution in [0.25, 0.3) is 10.9 Å². The third-order valence-electron chi connectivity index (χ3n) is 16.7. The van der Waals surface area contributed by atoms with E-state index in [9.17, 15) is 19.5 Å². The van der Waals surface area contributed by atoms with Crippen molar-refractivity contribution in [1.82, 2.24) is 19.7 Å². The predicted octanol–water partition coefficient (Wildman–Crippen LogP) is 5.30. The van der Waals surface area contributed by atoms with Gasteiger partial charge in [0.2, 0.25) is 5.60 Å². The smallest absolute Gasteiger partial charge is 0.344 e. The summed E-state index contributed by atoms with van der Waals surface area (Å²) in [5, 5.41) is 14.6. The number of carbonyl (C=O) groups is 3. The number of H-pyrrole nitrogens is 1. The number of fused-ring (bicyclic) bond motifs is 6. The van der Waals surface area contributed by atoms with Crippen LogP contribution in [0, 0.1) is 28.1 Å². The van der Waals surface area contributed by atoms with Crippen LogP contribution in [0.15, 0.2) is 59.8 Å². The molecule has 2 bridgehead atoms. The number of esters is 3. The van der Waals surface area contributed by atoms with E-state index in [1.165, 1.54) is 32.1 Å². The fourth-order valence-corrected chi connectivity index (χ4v) is 14.5. The lowest BCUT2D eigenvalue weighted by atomic mass is 9.47. The molecule has 1 aromatic carbocycles. The molecule has 2 N–H and O–H groups in total. The zero-order valence-electron chi connectivity index (χ0n) is 36.7. The minimum absolute atomic E-state index is 0.128. The number of allylic oxidation sites excluding steroid dienone is 1. The minimum atomic E-state index is -2.24. The average Bonchev–Trinajstić information content (AvgIpc) is 3.90. The Balaban J connectivity index is 1.33. The van der Waals surface area contributed by atoms with Crippen LogP contribution < -0.4 is 0 Å². The normalized spacial score (nSPS) is 40.5. The van der Waals surface area contributed by atoms with Crippen molar-refractivity contribution in [3.05, 3.63) is 71.1 Å². The molecular formula is C48H64N4O8. The highest BCUT2D eigenvalue weighted by atomic mass is 16.6. The second kappa shape index (κ2) is 14.6. The van der Waals surface area contributed by atoms with Crippen LogP contribution in [-0.2, 0) is 45.2 Å². The van der Waals surface area contributed by atoms with E-state index in [1.54, 1.807) is 7.11 Å². The lowest BCUT2D eigenvalue weighted by Crippen LogP contribution is -2.79. The molecule has 12 atom stereocenters.